The fourth-order valence-corrected chi connectivity index (χ4v) is 1.87. The molecule has 2 aromatic carbocycles. The Balaban J connectivity index is 2.01. The van der Waals surface area contributed by atoms with E-state index >= 15 is 0 Å². The molecule has 0 aliphatic heterocycles. The molecular formula is C16H16FNO2. The molecule has 2 rings (SSSR count). The summed E-state index contributed by atoms with van der Waals surface area (Å²) in [7, 11) is 0. The summed E-state index contributed by atoms with van der Waals surface area (Å²) in [4.78, 5) is 0. The molecule has 2 aromatic rings. The van der Waals surface area contributed by atoms with Gasteiger partial charge in [0.15, 0.2) is 0 Å². The van der Waals surface area contributed by atoms with Gasteiger partial charge in [-0.05, 0) is 53.9 Å². The first-order chi connectivity index (χ1) is 9.72. The van der Waals surface area contributed by atoms with E-state index in [1.165, 1.54) is 12.1 Å². The number of ether oxygens (including phenoxy) is 1. The summed E-state index contributed by atoms with van der Waals surface area (Å²) < 4.78 is 18.6. The summed E-state index contributed by atoms with van der Waals surface area (Å²) in [5.74, 6) is 0.416. The van der Waals surface area contributed by atoms with Gasteiger partial charge in [0.25, 0.3) is 0 Å². The van der Waals surface area contributed by atoms with Crippen LogP contribution in [0.4, 0.5) is 4.39 Å². The van der Waals surface area contributed by atoms with Crippen molar-refractivity contribution in [1.82, 2.24) is 0 Å². The molecule has 0 saturated carbocycles. The SMILES string of the molecule is CC/C(=N\O)c1ccc(OCc2cccc(F)c2)cc1. The van der Waals surface area contributed by atoms with E-state index in [1.807, 2.05) is 25.1 Å². The second kappa shape index (κ2) is 6.70. The highest BCUT2D eigenvalue weighted by molar-refractivity contribution is 6.00. The van der Waals surface area contributed by atoms with Crippen molar-refractivity contribution < 1.29 is 14.3 Å². The fourth-order valence-electron chi connectivity index (χ4n) is 1.87. The van der Waals surface area contributed by atoms with E-state index in [2.05, 4.69) is 5.16 Å². The molecule has 0 heterocycles. The zero-order chi connectivity index (χ0) is 14.4. The Bertz CT molecular complexity index is 594. The molecular weight excluding hydrogens is 257 g/mol. The van der Waals surface area contributed by atoms with Crippen LogP contribution in [0.3, 0.4) is 0 Å². The second-order valence-corrected chi connectivity index (χ2v) is 4.34. The van der Waals surface area contributed by atoms with Crippen molar-refractivity contribution in [3.8, 4) is 5.75 Å². The van der Waals surface area contributed by atoms with Crippen LogP contribution in [0.15, 0.2) is 53.7 Å². The number of nitrogens with zero attached hydrogens (tertiary/aromatic N) is 1. The maximum Gasteiger partial charge on any atom is 0.123 e. The average Bonchev–Trinajstić information content (AvgIpc) is 2.48. The van der Waals surface area contributed by atoms with Crippen LogP contribution in [0, 0.1) is 5.82 Å². The van der Waals surface area contributed by atoms with Crippen LogP contribution >= 0.6 is 0 Å². The quantitative estimate of drug-likeness (QED) is 0.508. The van der Waals surface area contributed by atoms with Crippen LogP contribution in [-0.4, -0.2) is 10.9 Å². The zero-order valence-electron chi connectivity index (χ0n) is 11.2. The highest BCUT2D eigenvalue weighted by Crippen LogP contribution is 2.16. The van der Waals surface area contributed by atoms with Gasteiger partial charge in [-0.1, -0.05) is 24.2 Å². The molecule has 3 nitrogen and oxygen atoms in total. The molecule has 0 aliphatic rings. The number of hydrogen-bond donors (Lipinski definition) is 1. The third kappa shape index (κ3) is 3.57. The van der Waals surface area contributed by atoms with Crippen LogP contribution in [0.25, 0.3) is 0 Å². The minimum atomic E-state index is -0.270. The second-order valence-electron chi connectivity index (χ2n) is 4.34. The van der Waals surface area contributed by atoms with Gasteiger partial charge in [0.05, 0.1) is 5.71 Å². The van der Waals surface area contributed by atoms with E-state index in [0.29, 0.717) is 24.5 Å². The van der Waals surface area contributed by atoms with Gasteiger partial charge < -0.3 is 9.94 Å². The van der Waals surface area contributed by atoms with Crippen molar-refractivity contribution in [1.29, 1.82) is 0 Å². The summed E-state index contributed by atoms with van der Waals surface area (Å²) in [6.45, 7) is 2.23. The van der Waals surface area contributed by atoms with Gasteiger partial charge in [-0.2, -0.15) is 0 Å². The van der Waals surface area contributed by atoms with Crippen LogP contribution in [0.1, 0.15) is 24.5 Å². The first kappa shape index (κ1) is 14.1. The molecule has 0 unspecified atom stereocenters. The normalized spacial score (nSPS) is 11.4. The number of rotatable bonds is 5. The molecule has 0 bridgehead atoms. The van der Waals surface area contributed by atoms with Gasteiger partial charge in [0.2, 0.25) is 0 Å². The molecule has 1 N–H and O–H groups in total. The molecule has 0 atom stereocenters. The Hall–Kier alpha value is -2.36. The van der Waals surface area contributed by atoms with Crippen LogP contribution in [0.5, 0.6) is 5.75 Å². The average molecular weight is 273 g/mol. The van der Waals surface area contributed by atoms with Crippen molar-refractivity contribution in [2.24, 2.45) is 5.16 Å². The third-order valence-electron chi connectivity index (χ3n) is 2.94. The van der Waals surface area contributed by atoms with Gasteiger partial charge >= 0.3 is 0 Å². The predicted molar refractivity (Wildman–Crippen MR) is 75.8 cm³/mol. The fraction of sp³-hybridized carbons (Fsp3) is 0.188. The largest absolute Gasteiger partial charge is 0.489 e. The van der Waals surface area contributed by atoms with E-state index in [1.54, 1.807) is 18.2 Å². The zero-order valence-corrected chi connectivity index (χ0v) is 11.2. The highest BCUT2D eigenvalue weighted by atomic mass is 19.1. The van der Waals surface area contributed by atoms with E-state index < -0.39 is 0 Å². The lowest BCUT2D eigenvalue weighted by molar-refractivity contribution is 0.305. The van der Waals surface area contributed by atoms with Crippen molar-refractivity contribution in [3.63, 3.8) is 0 Å². The maximum atomic E-state index is 13.0. The van der Waals surface area contributed by atoms with E-state index in [0.717, 1.165) is 11.1 Å². The summed E-state index contributed by atoms with van der Waals surface area (Å²) in [6.07, 6.45) is 0.653. The summed E-state index contributed by atoms with van der Waals surface area (Å²) in [5.41, 5.74) is 2.26. The number of benzene rings is 2. The van der Waals surface area contributed by atoms with E-state index in [9.17, 15) is 4.39 Å². The summed E-state index contributed by atoms with van der Waals surface area (Å²) >= 11 is 0. The Morgan fingerprint density at radius 2 is 1.95 bits per heavy atom. The molecule has 0 aliphatic carbocycles. The van der Waals surface area contributed by atoms with Crippen LogP contribution in [-0.2, 0) is 6.61 Å². The molecule has 0 aromatic heterocycles. The van der Waals surface area contributed by atoms with Crippen molar-refractivity contribution in [3.05, 3.63) is 65.5 Å². The molecule has 0 spiro atoms. The lowest BCUT2D eigenvalue weighted by Gasteiger charge is -2.07. The third-order valence-corrected chi connectivity index (χ3v) is 2.94. The van der Waals surface area contributed by atoms with Gasteiger partial charge in [-0.3, -0.25) is 0 Å². The molecule has 0 radical (unpaired) electrons. The van der Waals surface area contributed by atoms with Crippen LogP contribution < -0.4 is 4.74 Å². The Kier molecular flexibility index (Phi) is 4.71. The molecule has 0 fully saturated rings. The molecule has 0 amide bonds. The van der Waals surface area contributed by atoms with Crippen LogP contribution in [0.2, 0.25) is 0 Å². The number of halogens is 1. The first-order valence-electron chi connectivity index (χ1n) is 6.41. The topological polar surface area (TPSA) is 41.8 Å². The van der Waals surface area contributed by atoms with Gasteiger partial charge in [0.1, 0.15) is 18.2 Å². The predicted octanol–water partition coefficient (Wildman–Crippen LogP) is 3.99. The van der Waals surface area contributed by atoms with Crippen molar-refractivity contribution in [2.45, 2.75) is 20.0 Å². The standard InChI is InChI=1S/C16H16FNO2/c1-2-16(18-19)13-6-8-15(9-7-13)20-11-12-4-3-5-14(17)10-12/h3-10,19H,2,11H2,1H3/b18-16+. The highest BCUT2D eigenvalue weighted by Gasteiger charge is 2.02. The maximum absolute atomic E-state index is 13.0. The van der Waals surface area contributed by atoms with Gasteiger partial charge in [-0.25, -0.2) is 4.39 Å². The van der Waals surface area contributed by atoms with E-state index in [-0.39, 0.29) is 5.82 Å². The summed E-state index contributed by atoms with van der Waals surface area (Å²) in [6, 6.07) is 13.6. The van der Waals surface area contributed by atoms with Gasteiger partial charge in [-0.15, -0.1) is 0 Å². The van der Waals surface area contributed by atoms with E-state index in [4.69, 9.17) is 9.94 Å². The van der Waals surface area contributed by atoms with Crippen molar-refractivity contribution >= 4 is 5.71 Å². The van der Waals surface area contributed by atoms with Gasteiger partial charge in [0, 0.05) is 0 Å². The smallest absolute Gasteiger partial charge is 0.123 e. The molecule has 4 heteroatoms. The minimum Gasteiger partial charge on any atom is -0.489 e. The summed E-state index contributed by atoms with van der Waals surface area (Å²) in [5, 5.41) is 12.1. The lowest BCUT2D eigenvalue weighted by Crippen LogP contribution is -2.00. The monoisotopic (exact) mass is 273 g/mol. The Morgan fingerprint density at radius 3 is 2.55 bits per heavy atom. The number of oxime groups is 1. The van der Waals surface area contributed by atoms with Crippen molar-refractivity contribution in [2.75, 3.05) is 0 Å². The Labute approximate surface area is 117 Å². The minimum absolute atomic E-state index is 0.270. The lowest BCUT2D eigenvalue weighted by atomic mass is 10.1. The number of hydrogen-bond acceptors (Lipinski definition) is 3. The molecule has 104 valence electrons. The first-order valence-corrected chi connectivity index (χ1v) is 6.41. The molecule has 20 heavy (non-hydrogen) atoms. The Morgan fingerprint density at radius 1 is 1.20 bits per heavy atom. The molecule has 0 saturated heterocycles.